The molecular formula is C10H19NO. The van der Waals surface area contributed by atoms with E-state index >= 15 is 0 Å². The zero-order chi connectivity index (χ0) is 8.39. The lowest BCUT2D eigenvalue weighted by molar-refractivity contribution is 0.0727. The Morgan fingerprint density at radius 2 is 2.00 bits per heavy atom. The average molecular weight is 169 g/mol. The van der Waals surface area contributed by atoms with E-state index in [9.17, 15) is 5.11 Å². The van der Waals surface area contributed by atoms with Crippen LogP contribution < -0.4 is 5.32 Å². The van der Waals surface area contributed by atoms with Crippen LogP contribution in [-0.2, 0) is 0 Å². The molecule has 12 heavy (non-hydrogen) atoms. The maximum atomic E-state index is 9.66. The van der Waals surface area contributed by atoms with Crippen molar-refractivity contribution < 1.29 is 5.11 Å². The van der Waals surface area contributed by atoms with Gasteiger partial charge in [-0.25, -0.2) is 0 Å². The molecule has 2 unspecified atom stereocenters. The molecule has 2 rings (SSSR count). The molecule has 0 amide bonds. The molecule has 0 aromatic heterocycles. The standard InChI is InChI=1S/C10H19NO/c12-10-5-6-11-7-9(10)4-3-8-1-2-8/h8-12H,1-7H2. The van der Waals surface area contributed by atoms with E-state index in [4.69, 9.17) is 0 Å². The summed E-state index contributed by atoms with van der Waals surface area (Å²) in [5, 5.41) is 13.0. The Morgan fingerprint density at radius 1 is 1.17 bits per heavy atom. The van der Waals surface area contributed by atoms with Crippen LogP contribution in [0.25, 0.3) is 0 Å². The summed E-state index contributed by atoms with van der Waals surface area (Å²) in [6, 6.07) is 0. The van der Waals surface area contributed by atoms with Crippen molar-refractivity contribution in [2.24, 2.45) is 11.8 Å². The topological polar surface area (TPSA) is 32.3 Å². The molecule has 1 aliphatic heterocycles. The van der Waals surface area contributed by atoms with E-state index in [-0.39, 0.29) is 6.10 Å². The molecule has 2 N–H and O–H groups in total. The minimum absolute atomic E-state index is 0.0231. The van der Waals surface area contributed by atoms with Gasteiger partial charge in [-0.15, -0.1) is 0 Å². The highest BCUT2D eigenvalue weighted by Gasteiger charge is 2.26. The summed E-state index contributed by atoms with van der Waals surface area (Å²) >= 11 is 0. The second kappa shape index (κ2) is 3.75. The van der Waals surface area contributed by atoms with E-state index in [1.807, 2.05) is 0 Å². The molecule has 0 aromatic rings. The largest absolute Gasteiger partial charge is 0.393 e. The summed E-state index contributed by atoms with van der Waals surface area (Å²) in [4.78, 5) is 0. The maximum Gasteiger partial charge on any atom is 0.0592 e. The van der Waals surface area contributed by atoms with Gasteiger partial charge < -0.3 is 10.4 Å². The number of nitrogens with one attached hydrogen (secondary N) is 1. The van der Waals surface area contributed by atoms with Crippen molar-refractivity contribution in [2.75, 3.05) is 13.1 Å². The van der Waals surface area contributed by atoms with Gasteiger partial charge >= 0.3 is 0 Å². The van der Waals surface area contributed by atoms with Gasteiger partial charge in [-0.2, -0.15) is 0 Å². The van der Waals surface area contributed by atoms with Crippen molar-refractivity contribution in [3.8, 4) is 0 Å². The zero-order valence-electron chi connectivity index (χ0n) is 7.63. The molecule has 2 atom stereocenters. The van der Waals surface area contributed by atoms with Gasteiger partial charge in [0.05, 0.1) is 6.10 Å². The Balaban J connectivity index is 1.68. The minimum atomic E-state index is -0.0231. The molecule has 2 fully saturated rings. The van der Waals surface area contributed by atoms with Crippen LogP contribution in [0.5, 0.6) is 0 Å². The van der Waals surface area contributed by atoms with Gasteiger partial charge in [-0.3, -0.25) is 0 Å². The van der Waals surface area contributed by atoms with E-state index in [0.717, 1.165) is 25.4 Å². The van der Waals surface area contributed by atoms with E-state index in [1.165, 1.54) is 25.7 Å². The number of hydrogen-bond donors (Lipinski definition) is 2. The third-order valence-electron chi connectivity index (χ3n) is 3.21. The first-order chi connectivity index (χ1) is 5.86. The molecule has 2 heteroatoms. The summed E-state index contributed by atoms with van der Waals surface area (Å²) in [7, 11) is 0. The van der Waals surface area contributed by atoms with Crippen LogP contribution in [0, 0.1) is 11.8 Å². The lowest BCUT2D eigenvalue weighted by Crippen LogP contribution is -2.39. The van der Waals surface area contributed by atoms with Gasteiger partial charge in [0.2, 0.25) is 0 Å². The number of piperidine rings is 1. The minimum Gasteiger partial charge on any atom is -0.393 e. The molecule has 2 nitrogen and oxygen atoms in total. The SMILES string of the molecule is OC1CCNCC1CCC1CC1. The summed E-state index contributed by atoms with van der Waals surface area (Å²) in [5.74, 6) is 1.55. The molecular weight excluding hydrogens is 150 g/mol. The first-order valence-corrected chi connectivity index (χ1v) is 5.25. The Bertz CT molecular complexity index is 145. The molecule has 2 aliphatic rings. The molecule has 1 aliphatic carbocycles. The highest BCUT2D eigenvalue weighted by atomic mass is 16.3. The van der Waals surface area contributed by atoms with Gasteiger partial charge in [0.1, 0.15) is 0 Å². The van der Waals surface area contributed by atoms with Crippen molar-refractivity contribution in [1.82, 2.24) is 5.32 Å². The lowest BCUT2D eigenvalue weighted by Gasteiger charge is -2.28. The van der Waals surface area contributed by atoms with Crippen molar-refractivity contribution in [2.45, 2.75) is 38.2 Å². The Kier molecular flexibility index (Phi) is 2.66. The second-order valence-corrected chi connectivity index (χ2v) is 4.34. The second-order valence-electron chi connectivity index (χ2n) is 4.34. The molecule has 0 bridgehead atoms. The third-order valence-corrected chi connectivity index (χ3v) is 3.21. The van der Waals surface area contributed by atoms with Gasteiger partial charge in [0.15, 0.2) is 0 Å². The van der Waals surface area contributed by atoms with Crippen molar-refractivity contribution in [3.63, 3.8) is 0 Å². The normalized spacial score (nSPS) is 36.8. The van der Waals surface area contributed by atoms with Gasteiger partial charge in [0.25, 0.3) is 0 Å². The number of rotatable bonds is 3. The first kappa shape index (κ1) is 8.52. The Morgan fingerprint density at radius 3 is 2.67 bits per heavy atom. The van der Waals surface area contributed by atoms with Crippen LogP contribution >= 0.6 is 0 Å². The molecule has 0 radical (unpaired) electrons. The smallest absolute Gasteiger partial charge is 0.0592 e. The predicted molar refractivity (Wildman–Crippen MR) is 48.9 cm³/mol. The van der Waals surface area contributed by atoms with Crippen molar-refractivity contribution >= 4 is 0 Å². The summed E-state index contributed by atoms with van der Waals surface area (Å²) < 4.78 is 0. The number of hydrogen-bond acceptors (Lipinski definition) is 2. The summed E-state index contributed by atoms with van der Waals surface area (Å²) in [6.07, 6.45) is 6.40. The number of aliphatic hydroxyl groups is 1. The predicted octanol–water partition coefficient (Wildman–Crippen LogP) is 1.15. The summed E-state index contributed by atoms with van der Waals surface area (Å²) in [5.41, 5.74) is 0. The molecule has 0 aromatic carbocycles. The van der Waals surface area contributed by atoms with Crippen LogP contribution in [0.1, 0.15) is 32.1 Å². The molecule has 70 valence electrons. The van der Waals surface area contributed by atoms with Crippen LogP contribution in [0.2, 0.25) is 0 Å². The van der Waals surface area contributed by atoms with Crippen LogP contribution in [0.3, 0.4) is 0 Å². The van der Waals surface area contributed by atoms with Crippen molar-refractivity contribution in [1.29, 1.82) is 0 Å². The number of aliphatic hydroxyl groups excluding tert-OH is 1. The van der Waals surface area contributed by atoms with Gasteiger partial charge in [-0.05, 0) is 31.2 Å². The van der Waals surface area contributed by atoms with Gasteiger partial charge in [-0.1, -0.05) is 19.3 Å². The van der Waals surface area contributed by atoms with E-state index < -0.39 is 0 Å². The van der Waals surface area contributed by atoms with E-state index in [2.05, 4.69) is 5.32 Å². The third kappa shape index (κ3) is 2.20. The fraction of sp³-hybridized carbons (Fsp3) is 1.00. The Hall–Kier alpha value is -0.0800. The summed E-state index contributed by atoms with van der Waals surface area (Å²) in [6.45, 7) is 2.04. The quantitative estimate of drug-likeness (QED) is 0.664. The molecule has 1 saturated carbocycles. The molecule has 0 spiro atoms. The maximum absolute atomic E-state index is 9.66. The molecule has 1 saturated heterocycles. The average Bonchev–Trinajstić information content (AvgIpc) is 2.86. The van der Waals surface area contributed by atoms with Gasteiger partial charge in [0, 0.05) is 6.54 Å². The van der Waals surface area contributed by atoms with Crippen LogP contribution in [0.4, 0.5) is 0 Å². The van der Waals surface area contributed by atoms with Crippen molar-refractivity contribution in [3.05, 3.63) is 0 Å². The zero-order valence-corrected chi connectivity index (χ0v) is 7.63. The fourth-order valence-corrected chi connectivity index (χ4v) is 2.06. The van der Waals surface area contributed by atoms with E-state index in [0.29, 0.717) is 5.92 Å². The highest BCUT2D eigenvalue weighted by Crippen LogP contribution is 2.35. The molecule has 1 heterocycles. The fourth-order valence-electron chi connectivity index (χ4n) is 2.06. The Labute approximate surface area is 74.4 Å². The monoisotopic (exact) mass is 169 g/mol. The first-order valence-electron chi connectivity index (χ1n) is 5.25. The van der Waals surface area contributed by atoms with E-state index in [1.54, 1.807) is 0 Å². The van der Waals surface area contributed by atoms with Crippen LogP contribution in [0.15, 0.2) is 0 Å². The van der Waals surface area contributed by atoms with Crippen LogP contribution in [-0.4, -0.2) is 24.3 Å². The lowest BCUT2D eigenvalue weighted by atomic mass is 9.91. The highest BCUT2D eigenvalue weighted by molar-refractivity contribution is 4.80.